The number of aromatic hydroxyl groups is 1. The number of azo groups is 2. The van der Waals surface area contributed by atoms with Crippen LogP contribution in [0.1, 0.15) is 43.2 Å². The Kier molecular flexibility index (Phi) is 6.96. The Morgan fingerprint density at radius 2 is 1.03 bits per heavy atom. The third kappa shape index (κ3) is 5.21. The van der Waals surface area contributed by atoms with E-state index in [-0.39, 0.29) is 11.2 Å². The number of phenols is 1. The van der Waals surface area contributed by atoms with Crippen molar-refractivity contribution in [2.24, 2.45) is 20.5 Å². The van der Waals surface area contributed by atoms with Crippen LogP contribution >= 0.6 is 0 Å². The van der Waals surface area contributed by atoms with Gasteiger partial charge in [0, 0.05) is 10.8 Å². The molecule has 0 saturated heterocycles. The van der Waals surface area contributed by atoms with E-state index in [1.165, 1.54) is 30.4 Å². The minimum Gasteiger partial charge on any atom is -0.506 e. The lowest BCUT2D eigenvalue weighted by molar-refractivity contribution is 0.346. The highest BCUT2D eigenvalue weighted by Gasteiger charge is 2.35. The molecular weight excluding hydrogens is 480 g/mol. The van der Waals surface area contributed by atoms with E-state index in [4.69, 9.17) is 0 Å². The third-order valence-corrected chi connectivity index (χ3v) is 7.73. The van der Waals surface area contributed by atoms with E-state index < -0.39 is 0 Å². The van der Waals surface area contributed by atoms with Gasteiger partial charge in [-0.2, -0.15) is 15.3 Å². The van der Waals surface area contributed by atoms with Gasteiger partial charge in [-0.3, -0.25) is 0 Å². The van der Waals surface area contributed by atoms with Gasteiger partial charge in [-0.05, 0) is 71.8 Å². The topological polar surface area (TPSA) is 69.7 Å². The Bertz CT molecular complexity index is 1620. The zero-order valence-electron chi connectivity index (χ0n) is 21.7. The van der Waals surface area contributed by atoms with Crippen molar-refractivity contribution in [1.29, 1.82) is 0 Å². The second kappa shape index (κ2) is 11.0. The van der Waals surface area contributed by atoms with Crippen LogP contribution in [0.4, 0.5) is 22.7 Å². The first-order valence-electron chi connectivity index (χ1n) is 13.5. The molecule has 1 N–H and O–H groups in total. The number of hydrogen-bond acceptors (Lipinski definition) is 5. The van der Waals surface area contributed by atoms with Crippen molar-refractivity contribution in [2.45, 2.75) is 37.5 Å². The Hall–Kier alpha value is -4.64. The summed E-state index contributed by atoms with van der Waals surface area (Å²) in [5.74, 6) is 0.127. The molecule has 0 aliphatic heterocycles. The number of phenolic OH excluding ortho intramolecular Hbond substituents is 1. The van der Waals surface area contributed by atoms with Gasteiger partial charge in [0.2, 0.25) is 0 Å². The molecule has 5 heteroatoms. The first-order valence-corrected chi connectivity index (χ1v) is 13.5. The first-order chi connectivity index (χ1) is 19.2. The van der Waals surface area contributed by atoms with E-state index in [1.54, 1.807) is 6.07 Å². The number of fused-ring (bicyclic) bond motifs is 1. The molecule has 0 aromatic heterocycles. The average molecular weight is 511 g/mol. The molecule has 0 radical (unpaired) electrons. The standard InChI is InChI=1S/C34H30N4O/c39-32-22-13-25-9-5-6-12-31(25)33(32)38-37-30-20-16-27(17-21-30)34(23-7-2-8-24-34)26-14-18-29(19-15-26)36-35-28-10-3-1-4-11-28/h1,3-6,9-22,39H,2,7-8,23-24H2. The van der Waals surface area contributed by atoms with Gasteiger partial charge in [0.1, 0.15) is 11.4 Å². The van der Waals surface area contributed by atoms with E-state index >= 15 is 0 Å². The van der Waals surface area contributed by atoms with Crippen molar-refractivity contribution in [2.75, 3.05) is 0 Å². The summed E-state index contributed by atoms with van der Waals surface area (Å²) in [4.78, 5) is 0. The van der Waals surface area contributed by atoms with E-state index in [1.807, 2.05) is 72.8 Å². The zero-order valence-corrected chi connectivity index (χ0v) is 21.7. The highest BCUT2D eigenvalue weighted by atomic mass is 16.3. The third-order valence-electron chi connectivity index (χ3n) is 7.73. The quantitative estimate of drug-likeness (QED) is 0.227. The molecule has 0 bridgehead atoms. The van der Waals surface area contributed by atoms with Crippen LogP contribution in [0.2, 0.25) is 0 Å². The lowest BCUT2D eigenvalue weighted by Crippen LogP contribution is -2.30. The second-order valence-corrected chi connectivity index (χ2v) is 10.1. The summed E-state index contributed by atoms with van der Waals surface area (Å²) in [7, 11) is 0. The molecule has 6 rings (SSSR count). The van der Waals surface area contributed by atoms with Crippen LogP contribution in [0.25, 0.3) is 10.8 Å². The summed E-state index contributed by atoms with van der Waals surface area (Å²) in [6.45, 7) is 0. The first kappa shape index (κ1) is 24.7. The van der Waals surface area contributed by atoms with Crippen molar-refractivity contribution in [3.63, 3.8) is 0 Å². The van der Waals surface area contributed by atoms with Crippen LogP contribution in [0.5, 0.6) is 5.75 Å². The van der Waals surface area contributed by atoms with E-state index in [0.29, 0.717) is 5.69 Å². The lowest BCUT2D eigenvalue weighted by atomic mass is 9.65. The highest BCUT2D eigenvalue weighted by Crippen LogP contribution is 2.46. The van der Waals surface area contributed by atoms with Crippen LogP contribution in [-0.2, 0) is 5.41 Å². The normalized spacial score (nSPS) is 15.3. The van der Waals surface area contributed by atoms with Crippen molar-refractivity contribution >= 4 is 33.5 Å². The number of nitrogens with zero attached hydrogens (tertiary/aromatic N) is 4. The predicted molar refractivity (Wildman–Crippen MR) is 157 cm³/mol. The van der Waals surface area contributed by atoms with Crippen molar-refractivity contribution < 1.29 is 5.11 Å². The molecule has 0 unspecified atom stereocenters. The Morgan fingerprint density at radius 3 is 1.67 bits per heavy atom. The van der Waals surface area contributed by atoms with E-state index in [2.05, 4.69) is 56.9 Å². The molecule has 192 valence electrons. The zero-order chi connectivity index (χ0) is 26.5. The monoisotopic (exact) mass is 510 g/mol. The average Bonchev–Trinajstić information content (AvgIpc) is 3.01. The van der Waals surface area contributed by atoms with Crippen LogP contribution in [0.3, 0.4) is 0 Å². The van der Waals surface area contributed by atoms with Crippen LogP contribution in [0, 0.1) is 0 Å². The molecule has 39 heavy (non-hydrogen) atoms. The van der Waals surface area contributed by atoms with Gasteiger partial charge in [0.05, 0.1) is 17.1 Å². The maximum atomic E-state index is 10.4. The summed E-state index contributed by atoms with van der Waals surface area (Å²) in [5, 5.41) is 30.0. The molecule has 0 spiro atoms. The highest BCUT2D eigenvalue weighted by molar-refractivity contribution is 5.95. The Balaban J connectivity index is 1.26. The molecule has 5 nitrogen and oxygen atoms in total. The minimum absolute atomic E-state index is 0.0308. The van der Waals surface area contributed by atoms with Gasteiger partial charge in [0.25, 0.3) is 0 Å². The lowest BCUT2D eigenvalue weighted by Gasteiger charge is -2.38. The van der Waals surface area contributed by atoms with E-state index in [9.17, 15) is 5.11 Å². The number of benzene rings is 5. The molecule has 0 atom stereocenters. The van der Waals surface area contributed by atoms with E-state index in [0.717, 1.165) is 40.7 Å². The van der Waals surface area contributed by atoms with Crippen LogP contribution < -0.4 is 0 Å². The minimum atomic E-state index is -0.0308. The van der Waals surface area contributed by atoms with Gasteiger partial charge >= 0.3 is 0 Å². The molecule has 1 fully saturated rings. The second-order valence-electron chi connectivity index (χ2n) is 10.1. The molecule has 1 saturated carbocycles. The summed E-state index contributed by atoms with van der Waals surface area (Å²) >= 11 is 0. The summed E-state index contributed by atoms with van der Waals surface area (Å²) in [5.41, 5.74) is 5.53. The molecular formula is C34H30N4O. The fourth-order valence-corrected chi connectivity index (χ4v) is 5.66. The van der Waals surface area contributed by atoms with Gasteiger partial charge in [-0.25, -0.2) is 0 Å². The van der Waals surface area contributed by atoms with Gasteiger partial charge in [-0.1, -0.05) is 92.1 Å². The molecule has 0 heterocycles. The summed E-state index contributed by atoms with van der Waals surface area (Å²) in [6, 6.07) is 38.2. The fraction of sp³-hybridized carbons (Fsp3) is 0.176. The molecule has 5 aromatic rings. The van der Waals surface area contributed by atoms with Gasteiger partial charge in [0.15, 0.2) is 0 Å². The predicted octanol–water partition coefficient (Wildman–Crippen LogP) is 10.6. The van der Waals surface area contributed by atoms with Crippen molar-refractivity contribution in [1.82, 2.24) is 0 Å². The van der Waals surface area contributed by atoms with Crippen LogP contribution in [0.15, 0.2) is 136 Å². The van der Waals surface area contributed by atoms with Gasteiger partial charge in [-0.15, -0.1) is 5.11 Å². The Labute approximate surface area is 228 Å². The summed E-state index contributed by atoms with van der Waals surface area (Å²) in [6.07, 6.45) is 5.91. The summed E-state index contributed by atoms with van der Waals surface area (Å²) < 4.78 is 0. The maximum absolute atomic E-state index is 10.4. The van der Waals surface area contributed by atoms with Gasteiger partial charge < -0.3 is 5.11 Å². The molecule has 1 aliphatic carbocycles. The smallest absolute Gasteiger partial charge is 0.143 e. The number of hydrogen-bond donors (Lipinski definition) is 1. The maximum Gasteiger partial charge on any atom is 0.143 e. The molecule has 1 aliphatic rings. The fourth-order valence-electron chi connectivity index (χ4n) is 5.66. The SMILES string of the molecule is Oc1ccc2ccccc2c1N=Nc1ccc(C2(c3ccc(N=Nc4ccccc4)cc3)CCCCC2)cc1. The molecule has 5 aromatic carbocycles. The number of rotatable bonds is 6. The van der Waals surface area contributed by atoms with Crippen molar-refractivity contribution in [3.8, 4) is 5.75 Å². The largest absolute Gasteiger partial charge is 0.506 e. The van der Waals surface area contributed by atoms with Crippen molar-refractivity contribution in [3.05, 3.63) is 126 Å². The molecule has 0 amide bonds. The Morgan fingerprint density at radius 1 is 0.487 bits per heavy atom. The van der Waals surface area contributed by atoms with Crippen LogP contribution in [-0.4, -0.2) is 5.11 Å².